The van der Waals surface area contributed by atoms with Crippen LogP contribution in [0.2, 0.25) is 0 Å². The summed E-state index contributed by atoms with van der Waals surface area (Å²) in [6, 6.07) is 0.880. The van der Waals surface area contributed by atoms with Gasteiger partial charge in [0.1, 0.15) is 5.60 Å². The van der Waals surface area contributed by atoms with Crippen LogP contribution in [0, 0.1) is 0 Å². The Morgan fingerprint density at radius 2 is 2.11 bits per heavy atom. The molecule has 0 spiro atoms. The van der Waals surface area contributed by atoms with Gasteiger partial charge < -0.3 is 19.9 Å². The zero-order valence-corrected chi connectivity index (χ0v) is 13.2. The van der Waals surface area contributed by atoms with E-state index in [0.717, 1.165) is 26.1 Å². The molecule has 1 N–H and O–H groups in total. The lowest BCUT2D eigenvalue weighted by Crippen LogP contribution is -2.42. The van der Waals surface area contributed by atoms with E-state index in [1.165, 1.54) is 0 Å². The predicted molar refractivity (Wildman–Crippen MR) is 77.4 cm³/mol. The van der Waals surface area contributed by atoms with Crippen molar-refractivity contribution in [2.24, 2.45) is 0 Å². The van der Waals surface area contributed by atoms with Gasteiger partial charge in [0.15, 0.2) is 0 Å². The molecule has 1 aliphatic rings. The van der Waals surface area contributed by atoms with Gasteiger partial charge in [-0.15, -0.1) is 0 Å². The molecular formula is C14H29N3O2. The maximum absolute atomic E-state index is 11.9. The number of carbonyl (C=O) groups excluding carboxylic acids is 1. The number of rotatable bonds is 4. The van der Waals surface area contributed by atoms with Gasteiger partial charge in [0.2, 0.25) is 0 Å². The van der Waals surface area contributed by atoms with Crippen LogP contribution in [0.1, 0.15) is 34.1 Å². The number of nitrogens with one attached hydrogen (secondary N) is 1. The van der Waals surface area contributed by atoms with Gasteiger partial charge in [-0.05, 0) is 48.2 Å². The number of likely N-dealkylation sites (tertiary alicyclic amines) is 1. The Hall–Kier alpha value is -0.810. The largest absolute Gasteiger partial charge is 0.444 e. The first-order valence-corrected chi connectivity index (χ1v) is 7.07. The molecule has 0 aromatic carbocycles. The molecule has 112 valence electrons. The number of nitrogens with zero attached hydrogens (tertiary/aromatic N) is 2. The lowest BCUT2D eigenvalue weighted by Gasteiger charge is -2.25. The maximum Gasteiger partial charge on any atom is 0.410 e. The molecular weight excluding hydrogens is 242 g/mol. The minimum atomic E-state index is -0.415. The first-order chi connectivity index (χ1) is 8.69. The fourth-order valence-corrected chi connectivity index (χ4v) is 1.94. The van der Waals surface area contributed by atoms with E-state index in [1.807, 2.05) is 20.8 Å². The highest BCUT2D eigenvalue weighted by Crippen LogP contribution is 2.15. The van der Waals surface area contributed by atoms with Gasteiger partial charge in [0.25, 0.3) is 0 Å². The third-order valence-corrected chi connectivity index (χ3v) is 3.42. The zero-order chi connectivity index (χ0) is 14.6. The molecule has 0 radical (unpaired) electrons. The van der Waals surface area contributed by atoms with Gasteiger partial charge in [-0.1, -0.05) is 0 Å². The van der Waals surface area contributed by atoms with E-state index in [-0.39, 0.29) is 6.09 Å². The quantitative estimate of drug-likeness (QED) is 0.842. The van der Waals surface area contributed by atoms with E-state index < -0.39 is 5.60 Å². The molecule has 2 unspecified atom stereocenters. The van der Waals surface area contributed by atoms with Crippen molar-refractivity contribution in [3.8, 4) is 0 Å². The molecule has 5 heteroatoms. The summed E-state index contributed by atoms with van der Waals surface area (Å²) >= 11 is 0. The van der Waals surface area contributed by atoms with Crippen LogP contribution >= 0.6 is 0 Å². The van der Waals surface area contributed by atoms with Crippen molar-refractivity contribution >= 4 is 6.09 Å². The Bertz CT molecular complexity index is 300. The Morgan fingerprint density at radius 3 is 2.63 bits per heavy atom. The molecule has 0 saturated carbocycles. The van der Waals surface area contributed by atoms with Crippen LogP contribution in [0.4, 0.5) is 4.79 Å². The molecule has 0 aliphatic carbocycles. The number of amides is 1. The van der Waals surface area contributed by atoms with Crippen molar-refractivity contribution in [2.45, 2.75) is 51.8 Å². The molecule has 1 fully saturated rings. The standard InChI is InChI=1S/C14H29N3O2/c1-11(16(5)6)9-15-12-7-8-17(10-12)13(18)19-14(2,3)4/h11-12,15H,7-10H2,1-6H3. The Kier molecular flexibility index (Phi) is 5.62. The highest BCUT2D eigenvalue weighted by atomic mass is 16.6. The van der Waals surface area contributed by atoms with E-state index in [4.69, 9.17) is 4.74 Å². The topological polar surface area (TPSA) is 44.8 Å². The van der Waals surface area contributed by atoms with Crippen molar-refractivity contribution in [3.05, 3.63) is 0 Å². The zero-order valence-electron chi connectivity index (χ0n) is 13.2. The van der Waals surface area contributed by atoms with E-state index in [0.29, 0.717) is 12.1 Å². The SMILES string of the molecule is CC(CNC1CCN(C(=O)OC(C)(C)C)C1)N(C)C. The minimum Gasteiger partial charge on any atom is -0.444 e. The summed E-state index contributed by atoms with van der Waals surface area (Å²) in [6.07, 6.45) is 0.803. The summed E-state index contributed by atoms with van der Waals surface area (Å²) in [5.74, 6) is 0. The third kappa shape index (κ3) is 5.78. The molecule has 0 aromatic heterocycles. The summed E-state index contributed by atoms with van der Waals surface area (Å²) in [4.78, 5) is 15.9. The molecule has 1 amide bonds. The molecule has 1 heterocycles. The molecule has 0 aromatic rings. The second kappa shape index (κ2) is 6.57. The Balaban J connectivity index is 2.31. The summed E-state index contributed by atoms with van der Waals surface area (Å²) < 4.78 is 5.38. The van der Waals surface area contributed by atoms with Crippen LogP contribution in [0.3, 0.4) is 0 Å². The maximum atomic E-state index is 11.9. The predicted octanol–water partition coefficient (Wildman–Crippen LogP) is 1.54. The normalized spacial score (nSPS) is 21.8. The van der Waals surface area contributed by atoms with Crippen LogP contribution < -0.4 is 5.32 Å². The summed E-state index contributed by atoms with van der Waals surface area (Å²) in [7, 11) is 4.15. The van der Waals surface area contributed by atoms with Crippen LogP contribution in [0.5, 0.6) is 0 Å². The van der Waals surface area contributed by atoms with Gasteiger partial charge in [0, 0.05) is 31.7 Å². The summed E-state index contributed by atoms with van der Waals surface area (Å²) in [5.41, 5.74) is -0.415. The van der Waals surface area contributed by atoms with E-state index >= 15 is 0 Å². The van der Waals surface area contributed by atoms with Crippen LogP contribution in [0.25, 0.3) is 0 Å². The average Bonchev–Trinajstić information content (AvgIpc) is 2.71. The van der Waals surface area contributed by atoms with E-state index in [2.05, 4.69) is 31.2 Å². The number of hydrogen-bond donors (Lipinski definition) is 1. The Labute approximate surface area is 117 Å². The monoisotopic (exact) mass is 271 g/mol. The smallest absolute Gasteiger partial charge is 0.410 e. The van der Waals surface area contributed by atoms with Crippen molar-refractivity contribution in [2.75, 3.05) is 33.7 Å². The van der Waals surface area contributed by atoms with Gasteiger partial charge in [-0.3, -0.25) is 0 Å². The van der Waals surface area contributed by atoms with Crippen LogP contribution in [0.15, 0.2) is 0 Å². The van der Waals surface area contributed by atoms with Crippen molar-refractivity contribution < 1.29 is 9.53 Å². The van der Waals surface area contributed by atoms with E-state index in [1.54, 1.807) is 4.90 Å². The Morgan fingerprint density at radius 1 is 1.47 bits per heavy atom. The van der Waals surface area contributed by atoms with Gasteiger partial charge >= 0.3 is 6.09 Å². The molecule has 1 rings (SSSR count). The third-order valence-electron chi connectivity index (χ3n) is 3.42. The molecule has 19 heavy (non-hydrogen) atoms. The average molecular weight is 271 g/mol. The number of likely N-dealkylation sites (N-methyl/N-ethyl adjacent to an activating group) is 1. The second-order valence-electron chi connectivity index (χ2n) is 6.63. The first kappa shape index (κ1) is 16.2. The highest BCUT2D eigenvalue weighted by Gasteiger charge is 2.29. The lowest BCUT2D eigenvalue weighted by atomic mass is 10.2. The van der Waals surface area contributed by atoms with Gasteiger partial charge in [-0.25, -0.2) is 4.79 Å². The molecule has 1 aliphatic heterocycles. The summed E-state index contributed by atoms with van der Waals surface area (Å²) in [6.45, 7) is 10.4. The number of ether oxygens (including phenoxy) is 1. The second-order valence-corrected chi connectivity index (χ2v) is 6.63. The molecule has 5 nitrogen and oxygen atoms in total. The van der Waals surface area contributed by atoms with Crippen LogP contribution in [-0.4, -0.2) is 67.3 Å². The van der Waals surface area contributed by atoms with Crippen LogP contribution in [-0.2, 0) is 4.74 Å². The van der Waals surface area contributed by atoms with Crippen molar-refractivity contribution in [1.29, 1.82) is 0 Å². The van der Waals surface area contributed by atoms with E-state index in [9.17, 15) is 4.79 Å². The molecule has 2 atom stereocenters. The fourth-order valence-electron chi connectivity index (χ4n) is 1.94. The fraction of sp³-hybridized carbons (Fsp3) is 0.929. The summed E-state index contributed by atoms with van der Waals surface area (Å²) in [5, 5.41) is 3.52. The molecule has 0 bridgehead atoms. The molecule has 1 saturated heterocycles. The highest BCUT2D eigenvalue weighted by molar-refractivity contribution is 5.68. The van der Waals surface area contributed by atoms with Crippen molar-refractivity contribution in [1.82, 2.24) is 15.1 Å². The van der Waals surface area contributed by atoms with Gasteiger partial charge in [-0.2, -0.15) is 0 Å². The van der Waals surface area contributed by atoms with Crippen molar-refractivity contribution in [3.63, 3.8) is 0 Å². The minimum absolute atomic E-state index is 0.197. The lowest BCUT2D eigenvalue weighted by molar-refractivity contribution is 0.0291. The number of carbonyl (C=O) groups is 1. The first-order valence-electron chi connectivity index (χ1n) is 7.07. The number of hydrogen-bond acceptors (Lipinski definition) is 4. The van der Waals surface area contributed by atoms with Gasteiger partial charge in [0.05, 0.1) is 0 Å².